The molecule has 1 aromatic heterocycles. The summed E-state index contributed by atoms with van der Waals surface area (Å²) in [6, 6.07) is 2.66. The first kappa shape index (κ1) is 14.4. The number of carboxylic acids is 1. The molecule has 1 N–H and O–H groups in total. The fraction of sp³-hybridized carbons (Fsp3) is 0.545. The largest absolute Gasteiger partial charge is 0.477 e. The summed E-state index contributed by atoms with van der Waals surface area (Å²) in [5.74, 6) is -1.11. The van der Waals surface area contributed by atoms with E-state index in [0.717, 1.165) is 17.8 Å². The minimum Gasteiger partial charge on any atom is -0.477 e. The van der Waals surface area contributed by atoms with Crippen LogP contribution >= 0.6 is 11.3 Å². The van der Waals surface area contributed by atoms with Crippen LogP contribution in [0.25, 0.3) is 0 Å². The number of rotatable bonds is 4. The number of morpholine rings is 1. The van der Waals surface area contributed by atoms with Crippen molar-refractivity contribution in [1.29, 1.82) is 0 Å². The van der Waals surface area contributed by atoms with Gasteiger partial charge in [0.15, 0.2) is 0 Å². The van der Waals surface area contributed by atoms with E-state index in [2.05, 4.69) is 0 Å². The van der Waals surface area contributed by atoms with E-state index in [1.807, 2.05) is 6.92 Å². The summed E-state index contributed by atoms with van der Waals surface area (Å²) in [6.45, 7) is 2.93. The average molecular weight is 305 g/mol. The first-order valence-electron chi connectivity index (χ1n) is 5.90. The Morgan fingerprint density at radius 1 is 1.58 bits per heavy atom. The smallest absolute Gasteiger partial charge is 0.345 e. The third-order valence-corrected chi connectivity index (χ3v) is 6.35. The molecule has 1 aromatic rings. The van der Waals surface area contributed by atoms with Gasteiger partial charge in [-0.25, -0.2) is 13.2 Å². The van der Waals surface area contributed by atoms with Crippen molar-refractivity contribution >= 4 is 27.3 Å². The van der Waals surface area contributed by atoms with Gasteiger partial charge in [0.2, 0.25) is 0 Å². The highest BCUT2D eigenvalue weighted by Crippen LogP contribution is 2.26. The van der Waals surface area contributed by atoms with Gasteiger partial charge in [-0.15, -0.1) is 11.3 Å². The maximum Gasteiger partial charge on any atom is 0.345 e. The van der Waals surface area contributed by atoms with Gasteiger partial charge < -0.3 is 9.84 Å². The van der Waals surface area contributed by atoms with Gasteiger partial charge >= 0.3 is 5.97 Å². The first-order valence-corrected chi connectivity index (χ1v) is 8.15. The molecule has 19 heavy (non-hydrogen) atoms. The van der Waals surface area contributed by atoms with Crippen LogP contribution in [-0.4, -0.2) is 49.6 Å². The molecular formula is C11H15NO5S2. The quantitative estimate of drug-likeness (QED) is 0.905. The van der Waals surface area contributed by atoms with Crippen LogP contribution in [0.1, 0.15) is 23.0 Å². The van der Waals surface area contributed by atoms with Crippen molar-refractivity contribution in [3.8, 4) is 0 Å². The van der Waals surface area contributed by atoms with E-state index in [-0.39, 0.29) is 15.2 Å². The van der Waals surface area contributed by atoms with Crippen molar-refractivity contribution in [2.24, 2.45) is 0 Å². The van der Waals surface area contributed by atoms with Crippen molar-refractivity contribution in [2.75, 3.05) is 19.7 Å². The topological polar surface area (TPSA) is 83.9 Å². The lowest BCUT2D eigenvalue weighted by Crippen LogP contribution is -2.45. The molecular weight excluding hydrogens is 290 g/mol. The summed E-state index contributed by atoms with van der Waals surface area (Å²) >= 11 is 0.780. The van der Waals surface area contributed by atoms with Crippen molar-refractivity contribution in [3.05, 3.63) is 17.0 Å². The van der Waals surface area contributed by atoms with Gasteiger partial charge in [0.1, 0.15) is 9.09 Å². The van der Waals surface area contributed by atoms with Crippen molar-refractivity contribution in [2.45, 2.75) is 23.7 Å². The summed E-state index contributed by atoms with van der Waals surface area (Å²) in [5.41, 5.74) is 0. The van der Waals surface area contributed by atoms with Crippen LogP contribution in [0.5, 0.6) is 0 Å². The number of nitrogens with zero attached hydrogens (tertiary/aromatic N) is 1. The zero-order valence-corrected chi connectivity index (χ0v) is 12.0. The molecule has 2 rings (SSSR count). The maximum absolute atomic E-state index is 12.4. The zero-order chi connectivity index (χ0) is 14.0. The standard InChI is InChI=1S/C11H15NO5S2/c1-2-8-7-12(5-6-17-8)19(15,16)10-4-3-9(18-10)11(13)14/h3-4,8H,2,5-7H2,1H3,(H,13,14). The number of carboxylic acid groups (broad SMARTS) is 1. The Labute approximate surface area is 115 Å². The number of hydrogen-bond acceptors (Lipinski definition) is 5. The Kier molecular flexibility index (Phi) is 4.24. The molecule has 1 fully saturated rings. The number of aromatic carboxylic acids is 1. The summed E-state index contributed by atoms with van der Waals surface area (Å²) in [7, 11) is -3.61. The zero-order valence-electron chi connectivity index (χ0n) is 10.4. The van der Waals surface area contributed by atoms with E-state index in [4.69, 9.17) is 9.84 Å². The summed E-state index contributed by atoms with van der Waals surface area (Å²) < 4.78 is 31.6. The van der Waals surface area contributed by atoms with Crippen molar-refractivity contribution in [3.63, 3.8) is 0 Å². The number of sulfonamides is 1. The van der Waals surface area contributed by atoms with E-state index in [1.165, 1.54) is 16.4 Å². The van der Waals surface area contributed by atoms with E-state index >= 15 is 0 Å². The minimum absolute atomic E-state index is 0.0267. The SMILES string of the molecule is CCC1CN(S(=O)(=O)c2ccc(C(=O)O)s2)CCO1. The molecule has 1 unspecified atom stereocenters. The molecule has 1 atom stereocenters. The second-order valence-corrected chi connectivity index (χ2v) is 7.44. The predicted octanol–water partition coefficient (Wildman–Crippen LogP) is 1.25. The van der Waals surface area contributed by atoms with Gasteiger partial charge in [0.05, 0.1) is 12.7 Å². The molecule has 0 amide bonds. The van der Waals surface area contributed by atoms with E-state index in [9.17, 15) is 13.2 Å². The second kappa shape index (κ2) is 5.58. The Morgan fingerprint density at radius 3 is 2.89 bits per heavy atom. The first-order chi connectivity index (χ1) is 8.95. The van der Waals surface area contributed by atoms with Crippen LogP contribution in [0.4, 0.5) is 0 Å². The molecule has 1 saturated heterocycles. The van der Waals surface area contributed by atoms with Crippen LogP contribution in [0, 0.1) is 0 Å². The minimum atomic E-state index is -3.61. The number of carbonyl (C=O) groups is 1. The van der Waals surface area contributed by atoms with E-state index in [0.29, 0.717) is 19.7 Å². The molecule has 0 bridgehead atoms. The van der Waals surface area contributed by atoms with Gasteiger partial charge in [0.25, 0.3) is 10.0 Å². The highest BCUT2D eigenvalue weighted by molar-refractivity contribution is 7.91. The third-order valence-electron chi connectivity index (χ3n) is 2.94. The van der Waals surface area contributed by atoms with E-state index < -0.39 is 16.0 Å². The van der Waals surface area contributed by atoms with E-state index in [1.54, 1.807) is 0 Å². The highest BCUT2D eigenvalue weighted by atomic mass is 32.2. The van der Waals surface area contributed by atoms with Gasteiger partial charge in [-0.05, 0) is 18.6 Å². The molecule has 2 heterocycles. The third kappa shape index (κ3) is 2.97. The van der Waals surface area contributed by atoms with Crippen LogP contribution in [-0.2, 0) is 14.8 Å². The second-order valence-electron chi connectivity index (χ2n) is 4.19. The molecule has 0 aliphatic carbocycles. The lowest BCUT2D eigenvalue weighted by atomic mass is 10.2. The lowest BCUT2D eigenvalue weighted by Gasteiger charge is -2.31. The van der Waals surface area contributed by atoms with Crippen LogP contribution in [0.2, 0.25) is 0 Å². The number of thiophene rings is 1. The summed E-state index contributed by atoms with van der Waals surface area (Å²) in [6.07, 6.45) is 0.652. The van der Waals surface area contributed by atoms with Crippen LogP contribution in [0.3, 0.4) is 0 Å². The molecule has 1 aliphatic heterocycles. The van der Waals surface area contributed by atoms with Gasteiger partial charge in [0, 0.05) is 13.1 Å². The molecule has 0 aromatic carbocycles. The van der Waals surface area contributed by atoms with Gasteiger partial charge in [-0.3, -0.25) is 0 Å². The molecule has 8 heteroatoms. The normalized spacial score (nSPS) is 21.4. The monoisotopic (exact) mass is 305 g/mol. The Hall–Kier alpha value is -0.960. The molecule has 0 radical (unpaired) electrons. The Morgan fingerprint density at radius 2 is 2.32 bits per heavy atom. The van der Waals surface area contributed by atoms with Crippen molar-refractivity contribution < 1.29 is 23.1 Å². The lowest BCUT2D eigenvalue weighted by molar-refractivity contribution is -0.00272. The van der Waals surface area contributed by atoms with Crippen LogP contribution in [0.15, 0.2) is 16.3 Å². The average Bonchev–Trinajstić information content (AvgIpc) is 2.89. The highest BCUT2D eigenvalue weighted by Gasteiger charge is 2.31. The number of hydrogen-bond donors (Lipinski definition) is 1. The molecule has 6 nitrogen and oxygen atoms in total. The number of ether oxygens (including phenoxy) is 1. The molecule has 106 valence electrons. The summed E-state index contributed by atoms with van der Waals surface area (Å²) in [4.78, 5) is 10.8. The van der Waals surface area contributed by atoms with Crippen molar-refractivity contribution in [1.82, 2.24) is 4.31 Å². The Balaban J connectivity index is 2.23. The fourth-order valence-corrected chi connectivity index (χ4v) is 4.61. The van der Waals surface area contributed by atoms with Gasteiger partial charge in [-0.2, -0.15) is 4.31 Å². The molecule has 1 aliphatic rings. The van der Waals surface area contributed by atoms with Crippen LogP contribution < -0.4 is 0 Å². The summed E-state index contributed by atoms with van der Waals surface area (Å²) in [5, 5.41) is 8.84. The Bertz CT molecular complexity index is 565. The predicted molar refractivity (Wildman–Crippen MR) is 70.1 cm³/mol. The molecule has 0 saturated carbocycles. The maximum atomic E-state index is 12.4. The molecule has 0 spiro atoms. The van der Waals surface area contributed by atoms with Gasteiger partial charge in [-0.1, -0.05) is 6.92 Å². The fourth-order valence-electron chi connectivity index (χ4n) is 1.86.